The molecule has 0 atom stereocenters. The lowest BCUT2D eigenvalue weighted by molar-refractivity contribution is 1.82. The van der Waals surface area contributed by atoms with Crippen LogP contribution in [0.4, 0.5) is 0 Å². The molecule has 9 rings (SSSR count). The Labute approximate surface area is 183 Å². The molecule has 0 aliphatic heterocycles. The van der Waals surface area contributed by atoms with Crippen molar-refractivity contribution in [2.45, 2.75) is 0 Å². The van der Waals surface area contributed by atoms with E-state index in [1.165, 1.54) is 86.2 Å². The third kappa shape index (κ3) is 1.51. The van der Waals surface area contributed by atoms with Crippen molar-refractivity contribution in [3.8, 4) is 0 Å². The predicted molar refractivity (Wildman–Crippen MR) is 140 cm³/mol. The van der Waals surface area contributed by atoms with E-state index in [9.17, 15) is 0 Å². The van der Waals surface area contributed by atoms with Gasteiger partial charge in [0.2, 0.25) is 0 Å². The summed E-state index contributed by atoms with van der Waals surface area (Å²) in [6, 6.07) is 36.3. The minimum atomic E-state index is 1.35. The minimum absolute atomic E-state index is 1.35. The molecule has 0 aliphatic rings. The Balaban J connectivity index is 1.88. The molecular formula is C32H16. The average molecular weight is 400 g/mol. The molecule has 0 radical (unpaired) electrons. The van der Waals surface area contributed by atoms with Crippen molar-refractivity contribution in [2.75, 3.05) is 0 Å². The molecular weight excluding hydrogens is 384 g/mol. The van der Waals surface area contributed by atoms with Crippen LogP contribution in [0.5, 0.6) is 0 Å². The fourth-order valence-electron chi connectivity index (χ4n) is 6.76. The summed E-state index contributed by atoms with van der Waals surface area (Å²) in [7, 11) is 0. The number of hydrogen-bond acceptors (Lipinski definition) is 0. The minimum Gasteiger partial charge on any atom is -0.0616 e. The molecule has 0 heterocycles. The van der Waals surface area contributed by atoms with Crippen LogP contribution >= 0.6 is 0 Å². The zero-order valence-corrected chi connectivity index (χ0v) is 17.2. The molecule has 0 bridgehead atoms. The van der Waals surface area contributed by atoms with E-state index in [1.807, 2.05) is 0 Å². The van der Waals surface area contributed by atoms with Gasteiger partial charge in [-0.1, -0.05) is 97.1 Å². The highest BCUT2D eigenvalue weighted by atomic mass is 14.3. The number of benzene rings is 8. The number of rotatable bonds is 0. The molecule has 0 saturated heterocycles. The lowest BCUT2D eigenvalue weighted by atomic mass is 9.87. The van der Waals surface area contributed by atoms with Crippen molar-refractivity contribution in [1.29, 1.82) is 0 Å². The van der Waals surface area contributed by atoms with Crippen LogP contribution < -0.4 is 0 Å². The second-order valence-electron chi connectivity index (χ2n) is 9.21. The van der Waals surface area contributed by atoms with Crippen LogP contribution in [0.15, 0.2) is 97.1 Å². The standard InChI is InChI=1S/C32H16/c1-3-9-20-18(7-1)24-15-13-17-14-16-25-19-8-2-4-10-21(19)28-23-12-6-5-11-22(23)27(20)31-29(24)26(17)30(25)32(28)31/h1-16H. The van der Waals surface area contributed by atoms with Gasteiger partial charge in [-0.2, -0.15) is 0 Å². The van der Waals surface area contributed by atoms with E-state index in [0.717, 1.165) is 0 Å². The summed E-state index contributed by atoms with van der Waals surface area (Å²) < 4.78 is 0. The fourth-order valence-corrected chi connectivity index (χ4v) is 6.76. The van der Waals surface area contributed by atoms with Crippen LogP contribution in [0.2, 0.25) is 0 Å². The maximum atomic E-state index is 2.35. The van der Waals surface area contributed by atoms with Gasteiger partial charge in [0.25, 0.3) is 0 Å². The molecule has 0 nitrogen and oxygen atoms in total. The quantitative estimate of drug-likeness (QED) is 0.223. The van der Waals surface area contributed by atoms with Crippen molar-refractivity contribution in [3.63, 3.8) is 0 Å². The Morgan fingerprint density at radius 2 is 0.562 bits per heavy atom. The Morgan fingerprint density at radius 1 is 0.219 bits per heavy atom. The van der Waals surface area contributed by atoms with Crippen molar-refractivity contribution in [3.05, 3.63) is 97.1 Å². The first-order valence-corrected chi connectivity index (χ1v) is 11.3. The van der Waals surface area contributed by atoms with Crippen molar-refractivity contribution >= 4 is 86.2 Å². The molecule has 9 aromatic rings. The van der Waals surface area contributed by atoms with E-state index in [4.69, 9.17) is 0 Å². The van der Waals surface area contributed by atoms with Crippen molar-refractivity contribution in [2.24, 2.45) is 0 Å². The summed E-state index contributed by atoms with van der Waals surface area (Å²) in [5.74, 6) is 0. The van der Waals surface area contributed by atoms with Crippen LogP contribution in [0, 0.1) is 0 Å². The maximum Gasteiger partial charge on any atom is -0.0000710 e. The van der Waals surface area contributed by atoms with Gasteiger partial charge in [0.05, 0.1) is 0 Å². The third-order valence-corrected chi connectivity index (χ3v) is 7.88. The third-order valence-electron chi connectivity index (χ3n) is 7.88. The van der Waals surface area contributed by atoms with Gasteiger partial charge in [0.15, 0.2) is 0 Å². The van der Waals surface area contributed by atoms with Crippen LogP contribution in [-0.4, -0.2) is 0 Å². The summed E-state index contributed by atoms with van der Waals surface area (Å²) in [5, 5.41) is 22.3. The lowest BCUT2D eigenvalue weighted by Gasteiger charge is -2.15. The highest BCUT2D eigenvalue weighted by Gasteiger charge is 2.25. The van der Waals surface area contributed by atoms with Gasteiger partial charge in [-0.05, 0) is 86.2 Å². The summed E-state index contributed by atoms with van der Waals surface area (Å²) in [6.07, 6.45) is 0. The summed E-state index contributed by atoms with van der Waals surface area (Å²) >= 11 is 0. The Kier molecular flexibility index (Phi) is 2.44. The molecule has 0 amide bonds. The van der Waals surface area contributed by atoms with Crippen LogP contribution in [0.25, 0.3) is 86.2 Å². The van der Waals surface area contributed by atoms with Gasteiger partial charge in [-0.25, -0.2) is 0 Å². The highest BCUT2D eigenvalue weighted by Crippen LogP contribution is 2.55. The molecule has 0 aliphatic carbocycles. The average Bonchev–Trinajstić information content (AvgIpc) is 3.21. The highest BCUT2D eigenvalue weighted by molar-refractivity contribution is 6.55. The Morgan fingerprint density at radius 3 is 1.00 bits per heavy atom. The van der Waals surface area contributed by atoms with E-state index >= 15 is 0 Å². The molecule has 0 spiro atoms. The molecule has 0 unspecified atom stereocenters. The Hall–Kier alpha value is -4.16. The Bertz CT molecular complexity index is 2030. The molecule has 0 N–H and O–H groups in total. The van der Waals surface area contributed by atoms with Gasteiger partial charge in [0.1, 0.15) is 0 Å². The van der Waals surface area contributed by atoms with Crippen LogP contribution in [-0.2, 0) is 0 Å². The van der Waals surface area contributed by atoms with Crippen molar-refractivity contribution in [1.82, 2.24) is 0 Å². The molecule has 144 valence electrons. The van der Waals surface area contributed by atoms with Gasteiger partial charge in [-0.3, -0.25) is 0 Å². The van der Waals surface area contributed by atoms with Gasteiger partial charge in [0, 0.05) is 0 Å². The first kappa shape index (κ1) is 15.6. The fraction of sp³-hybridized carbons (Fsp3) is 0. The van der Waals surface area contributed by atoms with Gasteiger partial charge < -0.3 is 0 Å². The molecule has 0 heteroatoms. The van der Waals surface area contributed by atoms with Crippen LogP contribution in [0.1, 0.15) is 0 Å². The molecule has 32 heavy (non-hydrogen) atoms. The smallest absolute Gasteiger partial charge is 0.0000710 e. The van der Waals surface area contributed by atoms with E-state index in [1.54, 1.807) is 0 Å². The zero-order chi connectivity index (χ0) is 20.6. The largest absolute Gasteiger partial charge is 0.0616 e. The SMILES string of the molecule is c1ccc2c(c1)c1ccc3ccc4c5ccccc5c5c6ccccc6c2c2c1c3c4c52. The molecule has 9 aromatic carbocycles. The molecule has 0 saturated carbocycles. The van der Waals surface area contributed by atoms with E-state index in [-0.39, 0.29) is 0 Å². The first-order chi connectivity index (χ1) is 15.9. The van der Waals surface area contributed by atoms with E-state index < -0.39 is 0 Å². The summed E-state index contributed by atoms with van der Waals surface area (Å²) in [5.41, 5.74) is 0. The topological polar surface area (TPSA) is 0 Å². The second-order valence-corrected chi connectivity index (χ2v) is 9.21. The second kappa shape index (κ2) is 5.00. The van der Waals surface area contributed by atoms with Crippen molar-refractivity contribution < 1.29 is 0 Å². The van der Waals surface area contributed by atoms with Gasteiger partial charge in [-0.15, -0.1) is 0 Å². The number of hydrogen-bond donors (Lipinski definition) is 0. The molecule has 0 aromatic heterocycles. The maximum absolute atomic E-state index is 2.35. The predicted octanol–water partition coefficient (Wildman–Crippen LogP) is 9.23. The number of fused-ring (bicyclic) bond motifs is 9. The van der Waals surface area contributed by atoms with E-state index in [2.05, 4.69) is 97.1 Å². The summed E-state index contributed by atoms with van der Waals surface area (Å²) in [6.45, 7) is 0. The molecule has 0 fully saturated rings. The lowest BCUT2D eigenvalue weighted by Crippen LogP contribution is -1.87. The van der Waals surface area contributed by atoms with E-state index in [0.29, 0.717) is 0 Å². The normalized spacial score (nSPS) is 13.0. The van der Waals surface area contributed by atoms with Crippen LogP contribution in [0.3, 0.4) is 0 Å². The monoisotopic (exact) mass is 400 g/mol. The first-order valence-electron chi connectivity index (χ1n) is 11.3. The summed E-state index contributed by atoms with van der Waals surface area (Å²) in [4.78, 5) is 0. The zero-order valence-electron chi connectivity index (χ0n) is 17.2. The van der Waals surface area contributed by atoms with Gasteiger partial charge >= 0.3 is 0 Å².